The van der Waals surface area contributed by atoms with Gasteiger partial charge in [0.1, 0.15) is 11.5 Å². The molecule has 0 atom stereocenters. The van der Waals surface area contributed by atoms with Gasteiger partial charge in [-0.15, -0.1) is 0 Å². The molecule has 4 nitrogen and oxygen atoms in total. The maximum atomic E-state index is 10.4. The van der Waals surface area contributed by atoms with E-state index in [9.17, 15) is 15.3 Å². The first-order valence-electron chi connectivity index (χ1n) is 13.6. The van der Waals surface area contributed by atoms with Crippen LogP contribution in [0.5, 0.6) is 11.5 Å². The number of benzene rings is 6. The smallest absolute Gasteiger partial charge is 0.457 e. The van der Waals surface area contributed by atoms with Gasteiger partial charge in [0.2, 0.25) is 0 Å². The van der Waals surface area contributed by atoms with Gasteiger partial charge in [-0.05, 0) is 79.9 Å². The van der Waals surface area contributed by atoms with Crippen LogP contribution >= 0.6 is 0 Å². The first-order valence-corrected chi connectivity index (χ1v) is 13.6. The standard InChI is InChI=1S/C36H22BNO3/c38-21-22-13-16-26-27-17-14-24(35-25-8-2-1-7-23(25)15-18-32(35)37(39)40)20-31(27)36(30(26)19-22)28-9-3-5-11-33(28)41-34-12-6-4-10-29(34)36/h1-20,39-40H. The summed E-state index contributed by atoms with van der Waals surface area (Å²) in [6, 6.07) is 42.6. The molecule has 192 valence electrons. The topological polar surface area (TPSA) is 73.5 Å². The van der Waals surface area contributed by atoms with Crippen molar-refractivity contribution in [2.45, 2.75) is 5.41 Å². The fourth-order valence-electron chi connectivity index (χ4n) is 6.95. The minimum absolute atomic E-state index is 0.452. The van der Waals surface area contributed by atoms with Gasteiger partial charge in [-0.25, -0.2) is 0 Å². The second kappa shape index (κ2) is 8.68. The van der Waals surface area contributed by atoms with Gasteiger partial charge < -0.3 is 14.8 Å². The lowest BCUT2D eigenvalue weighted by molar-refractivity contribution is 0.426. The van der Waals surface area contributed by atoms with Crippen molar-refractivity contribution in [1.82, 2.24) is 0 Å². The van der Waals surface area contributed by atoms with E-state index in [1.807, 2.05) is 84.9 Å². The van der Waals surface area contributed by atoms with Crippen molar-refractivity contribution < 1.29 is 14.8 Å². The predicted molar refractivity (Wildman–Crippen MR) is 161 cm³/mol. The van der Waals surface area contributed by atoms with Crippen molar-refractivity contribution in [3.63, 3.8) is 0 Å². The zero-order valence-electron chi connectivity index (χ0n) is 21.9. The van der Waals surface area contributed by atoms with Gasteiger partial charge in [0.25, 0.3) is 0 Å². The van der Waals surface area contributed by atoms with E-state index in [4.69, 9.17) is 4.74 Å². The number of nitriles is 1. The third-order valence-electron chi connectivity index (χ3n) is 8.60. The minimum Gasteiger partial charge on any atom is -0.457 e. The Morgan fingerprint density at radius 3 is 1.98 bits per heavy atom. The lowest BCUT2D eigenvalue weighted by atomic mass is 9.65. The second-order valence-electron chi connectivity index (χ2n) is 10.6. The van der Waals surface area contributed by atoms with E-state index in [1.165, 1.54) is 0 Å². The molecule has 1 heterocycles. The van der Waals surface area contributed by atoms with Crippen LogP contribution in [0, 0.1) is 11.3 Å². The number of ether oxygens (including phenoxy) is 1. The largest absolute Gasteiger partial charge is 0.489 e. The second-order valence-corrected chi connectivity index (χ2v) is 10.6. The Morgan fingerprint density at radius 1 is 0.634 bits per heavy atom. The maximum Gasteiger partial charge on any atom is 0.489 e. The Hall–Kier alpha value is -5.15. The average Bonchev–Trinajstić information content (AvgIpc) is 3.30. The van der Waals surface area contributed by atoms with Crippen LogP contribution < -0.4 is 10.2 Å². The van der Waals surface area contributed by atoms with E-state index in [0.717, 1.165) is 66.8 Å². The minimum atomic E-state index is -1.63. The molecule has 6 aromatic rings. The molecule has 0 amide bonds. The number of hydrogen-bond acceptors (Lipinski definition) is 4. The van der Waals surface area contributed by atoms with Gasteiger partial charge in [-0.2, -0.15) is 5.26 Å². The average molecular weight is 527 g/mol. The number of hydrogen-bond donors (Lipinski definition) is 2. The Labute approximate surface area is 237 Å². The molecule has 1 aliphatic heterocycles. The van der Waals surface area contributed by atoms with Crippen molar-refractivity contribution in [2.24, 2.45) is 0 Å². The number of nitrogens with zero attached hydrogens (tertiary/aromatic N) is 1. The molecule has 2 N–H and O–H groups in total. The van der Waals surface area contributed by atoms with Crippen LogP contribution in [0.1, 0.15) is 27.8 Å². The van der Waals surface area contributed by atoms with Crippen LogP contribution in [0.3, 0.4) is 0 Å². The summed E-state index contributed by atoms with van der Waals surface area (Å²) in [6.45, 7) is 0. The van der Waals surface area contributed by atoms with Crippen molar-refractivity contribution in [2.75, 3.05) is 0 Å². The Morgan fingerprint density at radius 2 is 1.27 bits per heavy atom. The van der Waals surface area contributed by atoms with Crippen LogP contribution in [-0.4, -0.2) is 17.2 Å². The van der Waals surface area contributed by atoms with E-state index in [-0.39, 0.29) is 0 Å². The van der Waals surface area contributed by atoms with Crippen LogP contribution in [0.25, 0.3) is 33.0 Å². The lowest BCUT2D eigenvalue weighted by Gasteiger charge is -2.39. The normalized spacial score (nSPS) is 13.5. The summed E-state index contributed by atoms with van der Waals surface area (Å²) < 4.78 is 6.44. The molecule has 0 aromatic heterocycles. The number of para-hydroxylation sites is 2. The summed E-state index contributed by atoms with van der Waals surface area (Å²) in [7, 11) is -1.63. The highest BCUT2D eigenvalue weighted by Gasteiger charge is 2.51. The summed E-state index contributed by atoms with van der Waals surface area (Å²) >= 11 is 0. The molecule has 0 saturated heterocycles. The Kier molecular flexibility index (Phi) is 5.02. The van der Waals surface area contributed by atoms with E-state index < -0.39 is 12.5 Å². The first-order chi connectivity index (χ1) is 20.1. The molecule has 0 fully saturated rings. The molecular weight excluding hydrogens is 505 g/mol. The lowest BCUT2D eigenvalue weighted by Crippen LogP contribution is -2.33. The van der Waals surface area contributed by atoms with E-state index >= 15 is 0 Å². The summed E-state index contributed by atoms with van der Waals surface area (Å²) in [5.74, 6) is 1.55. The van der Waals surface area contributed by atoms with Gasteiger partial charge in [0.05, 0.1) is 17.0 Å². The third kappa shape index (κ3) is 3.18. The van der Waals surface area contributed by atoms with Crippen LogP contribution in [0.2, 0.25) is 0 Å². The molecule has 0 bridgehead atoms. The fourth-order valence-corrected chi connectivity index (χ4v) is 6.95. The fraction of sp³-hybridized carbons (Fsp3) is 0.0278. The highest BCUT2D eigenvalue weighted by atomic mass is 16.5. The van der Waals surface area contributed by atoms with E-state index in [1.54, 1.807) is 6.07 Å². The SMILES string of the molecule is N#Cc1ccc2c(c1)C1(c3ccccc3Oc3ccccc31)c1cc(-c3c(B(O)O)ccc4ccccc34)ccc1-2. The Bertz CT molecular complexity index is 2050. The maximum absolute atomic E-state index is 10.4. The molecule has 1 aliphatic carbocycles. The highest BCUT2D eigenvalue weighted by molar-refractivity contribution is 6.61. The zero-order chi connectivity index (χ0) is 27.7. The van der Waals surface area contributed by atoms with Crippen LogP contribution in [0.4, 0.5) is 0 Å². The summed E-state index contributed by atoms with van der Waals surface area (Å²) in [5, 5.41) is 32.7. The molecule has 41 heavy (non-hydrogen) atoms. The summed E-state index contributed by atoms with van der Waals surface area (Å²) in [5.41, 5.74) is 8.24. The third-order valence-corrected chi connectivity index (χ3v) is 8.60. The van der Waals surface area contributed by atoms with Crippen molar-refractivity contribution in [3.8, 4) is 39.8 Å². The Balaban J connectivity index is 1.53. The van der Waals surface area contributed by atoms with Gasteiger partial charge >= 0.3 is 7.12 Å². The van der Waals surface area contributed by atoms with Gasteiger partial charge in [0, 0.05) is 11.1 Å². The highest BCUT2D eigenvalue weighted by Crippen LogP contribution is 2.62. The van der Waals surface area contributed by atoms with Gasteiger partial charge in [-0.1, -0.05) is 91.0 Å². The van der Waals surface area contributed by atoms with Gasteiger partial charge in [-0.3, -0.25) is 0 Å². The predicted octanol–water partition coefficient (Wildman–Crippen LogP) is 6.53. The van der Waals surface area contributed by atoms with Crippen LogP contribution in [-0.2, 0) is 5.41 Å². The van der Waals surface area contributed by atoms with Crippen molar-refractivity contribution >= 4 is 23.4 Å². The monoisotopic (exact) mass is 527 g/mol. The van der Waals surface area contributed by atoms with E-state index in [2.05, 4.69) is 36.4 Å². The molecule has 0 radical (unpaired) electrons. The van der Waals surface area contributed by atoms with E-state index in [0.29, 0.717) is 11.0 Å². The quantitative estimate of drug-likeness (QED) is 0.251. The van der Waals surface area contributed by atoms with Gasteiger partial charge in [0.15, 0.2) is 0 Å². The molecule has 2 aliphatic rings. The summed E-state index contributed by atoms with van der Waals surface area (Å²) in [6.07, 6.45) is 0. The number of rotatable bonds is 2. The molecule has 5 heteroatoms. The van der Waals surface area contributed by atoms with Crippen molar-refractivity contribution in [1.29, 1.82) is 5.26 Å². The molecule has 0 saturated carbocycles. The van der Waals surface area contributed by atoms with Crippen molar-refractivity contribution in [3.05, 3.63) is 149 Å². The number of fused-ring (bicyclic) bond motifs is 10. The molecule has 1 spiro atoms. The van der Waals surface area contributed by atoms with Crippen LogP contribution in [0.15, 0.2) is 121 Å². The molecule has 0 unspecified atom stereocenters. The first kappa shape index (κ1) is 23.7. The zero-order valence-corrected chi connectivity index (χ0v) is 21.9. The molecular formula is C36H22BNO3. The molecule has 8 rings (SSSR count). The molecule has 6 aromatic carbocycles. The summed E-state index contributed by atoms with van der Waals surface area (Å²) in [4.78, 5) is 0.